The predicted molar refractivity (Wildman–Crippen MR) is 83.3 cm³/mol. The Morgan fingerprint density at radius 3 is 2.90 bits per heavy atom. The van der Waals surface area contributed by atoms with E-state index in [0.29, 0.717) is 18.8 Å². The fraction of sp³-hybridized carbons (Fsp3) is 0.467. The number of hydrogen-bond donors (Lipinski definition) is 1. The number of amides is 2. The lowest BCUT2D eigenvalue weighted by molar-refractivity contribution is -0.158. The molecule has 112 valence electrons. The quantitative estimate of drug-likeness (QED) is 0.825. The molecule has 1 unspecified atom stereocenters. The number of hydrogen-bond acceptors (Lipinski definition) is 3. The van der Waals surface area contributed by atoms with Crippen molar-refractivity contribution in [3.05, 3.63) is 28.2 Å². The average Bonchev–Trinajstić information content (AvgIpc) is 2.49. The molecule has 2 N–H and O–H groups in total. The number of benzene rings is 1. The molecule has 2 heterocycles. The van der Waals surface area contributed by atoms with Crippen molar-refractivity contribution in [2.24, 2.45) is 0 Å². The summed E-state index contributed by atoms with van der Waals surface area (Å²) in [6, 6.07) is 5.32. The number of nitrogen functional groups attached to an aromatic ring is 1. The minimum absolute atomic E-state index is 0.0549. The van der Waals surface area contributed by atoms with Gasteiger partial charge in [-0.05, 0) is 46.8 Å². The topological polar surface area (TPSA) is 66.6 Å². The first-order valence-corrected chi connectivity index (χ1v) is 7.98. The molecule has 1 aromatic carbocycles. The molecule has 0 aromatic heterocycles. The standard InChI is InChI=1S/C15H18BrN3O2/c16-14-10(4-3-5-11(14)17)8-18-9-13(20)19-7-2-1-6-12(19)15(18)21/h3-5,12H,1-2,6-9,17H2. The summed E-state index contributed by atoms with van der Waals surface area (Å²) < 4.78 is 0.802. The summed E-state index contributed by atoms with van der Waals surface area (Å²) in [4.78, 5) is 28.2. The lowest BCUT2D eigenvalue weighted by Crippen LogP contribution is -2.60. The van der Waals surface area contributed by atoms with Gasteiger partial charge in [0.1, 0.15) is 12.6 Å². The molecule has 2 saturated heterocycles. The zero-order chi connectivity index (χ0) is 15.0. The van der Waals surface area contributed by atoms with Crippen molar-refractivity contribution in [3.63, 3.8) is 0 Å². The van der Waals surface area contributed by atoms with Crippen molar-refractivity contribution in [2.45, 2.75) is 31.8 Å². The number of piperidine rings is 1. The summed E-state index contributed by atoms with van der Waals surface area (Å²) >= 11 is 3.45. The van der Waals surface area contributed by atoms with Crippen LogP contribution in [0.15, 0.2) is 22.7 Å². The van der Waals surface area contributed by atoms with Gasteiger partial charge in [0.15, 0.2) is 0 Å². The summed E-state index contributed by atoms with van der Waals surface area (Å²) in [7, 11) is 0. The third kappa shape index (κ3) is 2.64. The Hall–Kier alpha value is -1.56. The van der Waals surface area contributed by atoms with E-state index >= 15 is 0 Å². The summed E-state index contributed by atoms with van der Waals surface area (Å²) in [6.45, 7) is 1.29. The number of piperazine rings is 1. The van der Waals surface area contributed by atoms with Crippen molar-refractivity contribution < 1.29 is 9.59 Å². The third-order valence-electron chi connectivity index (χ3n) is 4.22. The molecule has 1 atom stereocenters. The summed E-state index contributed by atoms with van der Waals surface area (Å²) in [5.41, 5.74) is 7.44. The van der Waals surface area contributed by atoms with Gasteiger partial charge >= 0.3 is 0 Å². The van der Waals surface area contributed by atoms with Crippen LogP contribution in [0.5, 0.6) is 0 Å². The van der Waals surface area contributed by atoms with Crippen molar-refractivity contribution >= 4 is 33.4 Å². The molecule has 1 aromatic rings. The summed E-state index contributed by atoms with van der Waals surface area (Å²) in [6.07, 6.45) is 2.78. The fourth-order valence-corrected chi connectivity index (χ4v) is 3.48. The van der Waals surface area contributed by atoms with Crippen LogP contribution in [-0.2, 0) is 16.1 Å². The summed E-state index contributed by atoms with van der Waals surface area (Å²) in [5, 5.41) is 0. The number of nitrogens with two attached hydrogens (primary N) is 1. The number of anilines is 1. The van der Waals surface area contributed by atoms with Crippen LogP contribution in [0.1, 0.15) is 24.8 Å². The maximum Gasteiger partial charge on any atom is 0.246 e. The molecule has 2 aliphatic rings. The van der Waals surface area contributed by atoms with Crippen molar-refractivity contribution in [3.8, 4) is 0 Å². The minimum Gasteiger partial charge on any atom is -0.398 e. The van der Waals surface area contributed by atoms with Gasteiger partial charge in [0.25, 0.3) is 0 Å². The molecule has 21 heavy (non-hydrogen) atoms. The zero-order valence-electron chi connectivity index (χ0n) is 11.7. The van der Waals surface area contributed by atoms with Gasteiger partial charge in [-0.15, -0.1) is 0 Å². The van der Waals surface area contributed by atoms with Crippen LogP contribution < -0.4 is 5.73 Å². The second-order valence-electron chi connectivity index (χ2n) is 5.61. The molecular weight excluding hydrogens is 334 g/mol. The van der Waals surface area contributed by atoms with Gasteiger partial charge in [0.05, 0.1) is 0 Å². The van der Waals surface area contributed by atoms with E-state index < -0.39 is 0 Å². The highest BCUT2D eigenvalue weighted by Crippen LogP contribution is 2.28. The van der Waals surface area contributed by atoms with Crippen molar-refractivity contribution in [1.82, 2.24) is 9.80 Å². The van der Waals surface area contributed by atoms with Crippen LogP contribution in [0, 0.1) is 0 Å². The molecule has 2 amide bonds. The van der Waals surface area contributed by atoms with Gasteiger partial charge in [-0.3, -0.25) is 9.59 Å². The van der Waals surface area contributed by atoms with Crippen LogP contribution in [0.2, 0.25) is 0 Å². The van der Waals surface area contributed by atoms with Crippen LogP contribution >= 0.6 is 15.9 Å². The Morgan fingerprint density at radius 2 is 2.10 bits per heavy atom. The number of fused-ring (bicyclic) bond motifs is 1. The number of rotatable bonds is 2. The Kier molecular flexibility index (Phi) is 3.89. The maximum absolute atomic E-state index is 12.6. The van der Waals surface area contributed by atoms with Crippen LogP contribution in [0.25, 0.3) is 0 Å². The van der Waals surface area contributed by atoms with Crippen molar-refractivity contribution in [1.29, 1.82) is 0 Å². The van der Waals surface area contributed by atoms with Gasteiger partial charge in [-0.25, -0.2) is 0 Å². The molecule has 2 aliphatic heterocycles. The first kappa shape index (κ1) is 14.4. The molecule has 6 heteroatoms. The maximum atomic E-state index is 12.6. The molecule has 0 bridgehead atoms. The van der Waals surface area contributed by atoms with E-state index in [1.807, 2.05) is 12.1 Å². The lowest BCUT2D eigenvalue weighted by atomic mass is 9.98. The minimum atomic E-state index is -0.264. The molecule has 0 spiro atoms. The largest absolute Gasteiger partial charge is 0.398 e. The average molecular weight is 352 g/mol. The van der Waals surface area contributed by atoms with Crippen molar-refractivity contribution in [2.75, 3.05) is 18.8 Å². The Morgan fingerprint density at radius 1 is 1.29 bits per heavy atom. The van der Waals surface area contributed by atoms with E-state index in [4.69, 9.17) is 5.73 Å². The number of halogens is 1. The SMILES string of the molecule is Nc1cccc(CN2CC(=O)N3CCCCC3C2=O)c1Br. The zero-order valence-corrected chi connectivity index (χ0v) is 13.3. The first-order valence-electron chi connectivity index (χ1n) is 7.19. The molecule has 0 radical (unpaired) electrons. The highest BCUT2D eigenvalue weighted by molar-refractivity contribution is 9.10. The van der Waals surface area contributed by atoms with E-state index in [1.165, 1.54) is 0 Å². The molecule has 0 aliphatic carbocycles. The number of carbonyl (C=O) groups is 2. The Balaban J connectivity index is 1.81. The fourth-order valence-electron chi connectivity index (χ4n) is 3.09. The molecule has 5 nitrogen and oxygen atoms in total. The highest BCUT2D eigenvalue weighted by Gasteiger charge is 2.40. The van der Waals surface area contributed by atoms with E-state index in [1.54, 1.807) is 15.9 Å². The first-order chi connectivity index (χ1) is 10.1. The summed E-state index contributed by atoms with van der Waals surface area (Å²) in [5.74, 6) is 0.114. The van der Waals surface area contributed by atoms with Crippen LogP contribution in [-0.4, -0.2) is 40.7 Å². The smallest absolute Gasteiger partial charge is 0.246 e. The molecule has 2 fully saturated rings. The van der Waals surface area contributed by atoms with E-state index in [0.717, 1.165) is 29.3 Å². The van der Waals surface area contributed by atoms with Gasteiger partial charge in [0.2, 0.25) is 11.8 Å². The van der Waals surface area contributed by atoms with Crippen LogP contribution in [0.3, 0.4) is 0 Å². The Labute approximate surface area is 132 Å². The highest BCUT2D eigenvalue weighted by atomic mass is 79.9. The van der Waals surface area contributed by atoms with Gasteiger partial charge < -0.3 is 15.5 Å². The van der Waals surface area contributed by atoms with E-state index in [9.17, 15) is 9.59 Å². The third-order valence-corrected chi connectivity index (χ3v) is 5.18. The van der Waals surface area contributed by atoms with E-state index in [-0.39, 0.29) is 24.4 Å². The van der Waals surface area contributed by atoms with Gasteiger partial charge in [0, 0.05) is 23.2 Å². The predicted octanol–water partition coefficient (Wildman–Crippen LogP) is 1.75. The number of nitrogens with zero attached hydrogens (tertiary/aromatic N) is 2. The lowest BCUT2D eigenvalue weighted by Gasteiger charge is -2.42. The monoisotopic (exact) mass is 351 g/mol. The second kappa shape index (κ2) is 5.67. The Bertz CT molecular complexity index is 590. The molecule has 0 saturated carbocycles. The van der Waals surface area contributed by atoms with Crippen LogP contribution in [0.4, 0.5) is 5.69 Å². The van der Waals surface area contributed by atoms with E-state index in [2.05, 4.69) is 15.9 Å². The van der Waals surface area contributed by atoms with Gasteiger partial charge in [-0.1, -0.05) is 12.1 Å². The van der Waals surface area contributed by atoms with Gasteiger partial charge in [-0.2, -0.15) is 0 Å². The molecular formula is C15H18BrN3O2. The number of carbonyl (C=O) groups excluding carboxylic acids is 2. The molecule has 3 rings (SSSR count). The normalized spacial score (nSPS) is 22.4. The second-order valence-corrected chi connectivity index (χ2v) is 6.41.